The molecule has 2 nitrogen and oxygen atoms in total. The summed E-state index contributed by atoms with van der Waals surface area (Å²) in [5.74, 6) is 2.49. The molecule has 95 valence electrons. The number of hydrogen-bond donors (Lipinski definition) is 0. The van der Waals surface area contributed by atoms with Crippen molar-refractivity contribution in [2.24, 2.45) is 17.8 Å². The molecule has 4 fully saturated rings. The van der Waals surface area contributed by atoms with E-state index in [1.807, 2.05) is 30.3 Å². The molecule has 4 saturated carbocycles. The highest BCUT2D eigenvalue weighted by atomic mass is 16.5. The zero-order valence-corrected chi connectivity index (χ0v) is 10.7. The van der Waals surface area contributed by atoms with E-state index < -0.39 is 0 Å². The standard InChI is InChI=1S/C16H20NO/c18-17(15-4-2-1-3-5-15)16-9-12-6-13(10-16)8-14(7-12)11-16/h1-5,12-14H,6-11H2. The van der Waals surface area contributed by atoms with Crippen molar-refractivity contribution in [1.29, 1.82) is 0 Å². The molecule has 4 aliphatic carbocycles. The van der Waals surface area contributed by atoms with Crippen molar-refractivity contribution in [3.63, 3.8) is 0 Å². The molecule has 1 aromatic rings. The normalized spacial score (nSPS) is 41.1. The minimum absolute atomic E-state index is 0.0594. The molecule has 0 spiro atoms. The van der Waals surface area contributed by atoms with Gasteiger partial charge in [0.2, 0.25) is 0 Å². The lowest BCUT2D eigenvalue weighted by Crippen LogP contribution is -2.58. The Labute approximate surface area is 109 Å². The second kappa shape index (κ2) is 3.74. The lowest BCUT2D eigenvalue weighted by Gasteiger charge is -2.58. The van der Waals surface area contributed by atoms with Crippen LogP contribution in [0.3, 0.4) is 0 Å². The molecule has 0 atom stereocenters. The Hall–Kier alpha value is -1.02. The van der Waals surface area contributed by atoms with E-state index >= 15 is 0 Å². The number of para-hydroxylation sites is 1. The van der Waals surface area contributed by atoms with Gasteiger partial charge in [-0.05, 0) is 68.4 Å². The van der Waals surface area contributed by atoms with E-state index in [0.717, 1.165) is 42.7 Å². The molecule has 0 aliphatic heterocycles. The summed E-state index contributed by atoms with van der Waals surface area (Å²) in [4.78, 5) is 0. The molecule has 0 heterocycles. The Morgan fingerprint density at radius 1 is 0.889 bits per heavy atom. The number of benzene rings is 1. The van der Waals surface area contributed by atoms with Gasteiger partial charge in [0.15, 0.2) is 0 Å². The van der Waals surface area contributed by atoms with Crippen LogP contribution in [0.25, 0.3) is 0 Å². The minimum Gasteiger partial charge on any atom is -0.214 e. The Morgan fingerprint density at radius 3 is 1.89 bits per heavy atom. The molecule has 1 radical (unpaired) electrons. The molecule has 0 unspecified atom stereocenters. The van der Waals surface area contributed by atoms with E-state index in [1.54, 1.807) is 0 Å². The number of rotatable bonds is 2. The smallest absolute Gasteiger partial charge is 0.0713 e. The van der Waals surface area contributed by atoms with Crippen LogP contribution >= 0.6 is 0 Å². The third kappa shape index (κ3) is 1.51. The topological polar surface area (TPSA) is 23.1 Å². The molecule has 4 aliphatic rings. The predicted octanol–water partition coefficient (Wildman–Crippen LogP) is 3.81. The summed E-state index contributed by atoms with van der Waals surface area (Å²) < 4.78 is 0. The second-order valence-corrected chi connectivity index (χ2v) is 6.77. The molecule has 18 heavy (non-hydrogen) atoms. The fraction of sp³-hybridized carbons (Fsp3) is 0.625. The van der Waals surface area contributed by atoms with Crippen molar-refractivity contribution in [3.05, 3.63) is 30.3 Å². The van der Waals surface area contributed by atoms with Crippen LogP contribution in [0.2, 0.25) is 0 Å². The Kier molecular flexibility index (Phi) is 2.25. The van der Waals surface area contributed by atoms with Crippen LogP contribution in [0.4, 0.5) is 5.69 Å². The quantitative estimate of drug-likeness (QED) is 0.723. The molecule has 0 N–H and O–H groups in total. The van der Waals surface area contributed by atoms with Gasteiger partial charge >= 0.3 is 0 Å². The molecule has 4 bridgehead atoms. The average Bonchev–Trinajstić information content (AvgIpc) is 2.37. The molecule has 0 amide bonds. The SMILES string of the molecule is [O]N(c1ccccc1)C12CC3CC(CC(C3)C1)C2. The number of anilines is 1. The van der Waals surface area contributed by atoms with Gasteiger partial charge in [0.1, 0.15) is 0 Å². The Balaban J connectivity index is 1.67. The van der Waals surface area contributed by atoms with Crippen molar-refractivity contribution < 1.29 is 5.21 Å². The third-order valence-corrected chi connectivity index (χ3v) is 5.43. The monoisotopic (exact) mass is 242 g/mol. The third-order valence-electron chi connectivity index (χ3n) is 5.43. The second-order valence-electron chi connectivity index (χ2n) is 6.77. The lowest BCUT2D eigenvalue weighted by molar-refractivity contribution is -0.0601. The van der Waals surface area contributed by atoms with Crippen molar-refractivity contribution >= 4 is 5.69 Å². The first kappa shape index (κ1) is 10.9. The maximum atomic E-state index is 12.8. The van der Waals surface area contributed by atoms with Gasteiger partial charge in [0, 0.05) is 0 Å². The van der Waals surface area contributed by atoms with Crippen molar-refractivity contribution in [2.45, 2.75) is 44.1 Å². The molecule has 2 heteroatoms. The molecular formula is C16H20NO. The Morgan fingerprint density at radius 2 is 1.39 bits per heavy atom. The van der Waals surface area contributed by atoms with E-state index in [-0.39, 0.29) is 5.54 Å². The number of hydroxylamine groups is 1. The van der Waals surface area contributed by atoms with Gasteiger partial charge in [-0.2, -0.15) is 0 Å². The van der Waals surface area contributed by atoms with Crippen LogP contribution < -0.4 is 5.06 Å². The van der Waals surface area contributed by atoms with E-state index in [1.165, 1.54) is 24.3 Å². The van der Waals surface area contributed by atoms with Gasteiger partial charge in [-0.25, -0.2) is 5.06 Å². The van der Waals surface area contributed by atoms with Gasteiger partial charge in [-0.1, -0.05) is 23.4 Å². The maximum Gasteiger partial charge on any atom is 0.0713 e. The number of nitrogens with zero attached hydrogens (tertiary/aromatic N) is 1. The summed E-state index contributed by atoms with van der Waals surface area (Å²) >= 11 is 0. The maximum absolute atomic E-state index is 12.8. The highest BCUT2D eigenvalue weighted by Crippen LogP contribution is 2.58. The van der Waals surface area contributed by atoms with Crippen molar-refractivity contribution in [1.82, 2.24) is 0 Å². The summed E-state index contributed by atoms with van der Waals surface area (Å²) in [7, 11) is 0. The highest BCUT2D eigenvalue weighted by molar-refractivity contribution is 5.46. The van der Waals surface area contributed by atoms with E-state index in [0.29, 0.717) is 0 Å². The van der Waals surface area contributed by atoms with Crippen LogP contribution in [0.1, 0.15) is 38.5 Å². The van der Waals surface area contributed by atoms with Crippen LogP contribution in [-0.4, -0.2) is 5.54 Å². The van der Waals surface area contributed by atoms with Crippen LogP contribution in [0.5, 0.6) is 0 Å². The van der Waals surface area contributed by atoms with Crippen LogP contribution in [0.15, 0.2) is 30.3 Å². The first-order valence-corrected chi connectivity index (χ1v) is 7.28. The van der Waals surface area contributed by atoms with E-state index in [2.05, 4.69) is 0 Å². The van der Waals surface area contributed by atoms with Gasteiger partial charge in [-0.3, -0.25) is 0 Å². The van der Waals surface area contributed by atoms with Crippen molar-refractivity contribution in [3.8, 4) is 0 Å². The highest BCUT2D eigenvalue weighted by Gasteiger charge is 2.54. The molecule has 0 saturated heterocycles. The van der Waals surface area contributed by atoms with Gasteiger partial charge < -0.3 is 0 Å². The first-order chi connectivity index (χ1) is 8.75. The molecule has 1 aromatic carbocycles. The summed E-state index contributed by atoms with van der Waals surface area (Å²) in [6, 6.07) is 9.86. The predicted molar refractivity (Wildman–Crippen MR) is 70.5 cm³/mol. The van der Waals surface area contributed by atoms with Gasteiger partial charge in [-0.15, -0.1) is 0 Å². The fourth-order valence-electron chi connectivity index (χ4n) is 5.15. The summed E-state index contributed by atoms with van der Waals surface area (Å²) in [6.07, 6.45) is 7.58. The minimum atomic E-state index is -0.0594. The Bertz CT molecular complexity index is 406. The van der Waals surface area contributed by atoms with Gasteiger partial charge in [0.05, 0.1) is 11.2 Å². The number of hydrogen-bond acceptors (Lipinski definition) is 1. The van der Waals surface area contributed by atoms with E-state index in [9.17, 15) is 5.21 Å². The average molecular weight is 242 g/mol. The molecular weight excluding hydrogens is 222 g/mol. The fourth-order valence-corrected chi connectivity index (χ4v) is 5.15. The zero-order valence-electron chi connectivity index (χ0n) is 10.7. The molecule has 0 aromatic heterocycles. The summed E-state index contributed by atoms with van der Waals surface area (Å²) in [6.45, 7) is 0. The van der Waals surface area contributed by atoms with E-state index in [4.69, 9.17) is 0 Å². The molecule has 5 rings (SSSR count). The summed E-state index contributed by atoms with van der Waals surface area (Å²) in [5.41, 5.74) is 0.801. The van der Waals surface area contributed by atoms with Gasteiger partial charge in [0.25, 0.3) is 0 Å². The first-order valence-electron chi connectivity index (χ1n) is 7.28. The largest absolute Gasteiger partial charge is 0.214 e. The zero-order chi connectivity index (χ0) is 12.2. The van der Waals surface area contributed by atoms with Crippen LogP contribution in [-0.2, 0) is 5.21 Å². The van der Waals surface area contributed by atoms with Crippen LogP contribution in [0, 0.1) is 17.8 Å². The van der Waals surface area contributed by atoms with Crippen molar-refractivity contribution in [2.75, 3.05) is 5.06 Å². The lowest BCUT2D eigenvalue weighted by atomic mass is 9.53. The summed E-state index contributed by atoms with van der Waals surface area (Å²) in [5, 5.41) is 14.2.